The number of hydrogen-bond donors (Lipinski definition) is 2. The van der Waals surface area contributed by atoms with Crippen LogP contribution < -0.4 is 10.5 Å². The number of nitrogens with one attached hydrogen (secondary N) is 2. The number of thioether (sulfide) groups is 1. The molecule has 0 amide bonds. The minimum atomic E-state index is -0.0269. The molecule has 2 aromatic carbocycles. The van der Waals surface area contributed by atoms with Gasteiger partial charge in [-0.25, -0.2) is 4.98 Å². The Hall–Kier alpha value is -2.57. The summed E-state index contributed by atoms with van der Waals surface area (Å²) in [5, 5.41) is 1.79. The first-order chi connectivity index (χ1) is 14.6. The van der Waals surface area contributed by atoms with Crippen molar-refractivity contribution in [2.45, 2.75) is 31.8 Å². The Labute approximate surface area is 180 Å². The molecule has 30 heavy (non-hydrogen) atoms. The molecule has 1 fully saturated rings. The highest BCUT2D eigenvalue weighted by Crippen LogP contribution is 2.27. The molecule has 1 aliphatic heterocycles. The molecule has 154 valence electrons. The number of nitrogens with zero attached hydrogens (tertiary/aromatic N) is 2. The van der Waals surface area contributed by atoms with Crippen LogP contribution in [-0.4, -0.2) is 39.9 Å². The Morgan fingerprint density at radius 1 is 1.13 bits per heavy atom. The maximum absolute atomic E-state index is 13.7. The number of benzene rings is 2. The summed E-state index contributed by atoms with van der Waals surface area (Å²) in [6, 6.07) is 14.3. The third-order valence-corrected chi connectivity index (χ3v) is 7.04. The van der Waals surface area contributed by atoms with E-state index in [1.165, 1.54) is 25.9 Å². The third-order valence-electron chi connectivity index (χ3n) is 6.10. The largest absolute Gasteiger partial charge is 0.349 e. The van der Waals surface area contributed by atoms with Crippen LogP contribution in [0.15, 0.2) is 52.4 Å². The van der Waals surface area contributed by atoms with Crippen molar-refractivity contribution in [2.75, 3.05) is 25.4 Å². The molecule has 5 rings (SSSR count). The number of H-pyrrole nitrogens is 1. The van der Waals surface area contributed by atoms with E-state index in [1.54, 1.807) is 16.7 Å². The quantitative estimate of drug-likeness (QED) is 0.386. The average molecular weight is 420 g/mol. The summed E-state index contributed by atoms with van der Waals surface area (Å²) in [5.74, 6) is 0.959. The van der Waals surface area contributed by atoms with Gasteiger partial charge in [-0.3, -0.25) is 9.36 Å². The molecule has 0 bridgehead atoms. The highest BCUT2D eigenvalue weighted by molar-refractivity contribution is 7.99. The normalized spacial score (nSPS) is 14.9. The summed E-state index contributed by atoms with van der Waals surface area (Å²) >= 11 is 1.70. The molecule has 3 heterocycles. The molecule has 6 heteroatoms. The molecule has 0 unspecified atom stereocenters. The van der Waals surface area contributed by atoms with E-state index >= 15 is 0 Å². The molecule has 0 atom stereocenters. The molecule has 2 N–H and O–H groups in total. The van der Waals surface area contributed by atoms with Gasteiger partial charge in [-0.2, -0.15) is 0 Å². The SMILES string of the molecule is Cc1ccc(C)c(-n2c(SCC[NH+]3CCCC3)nc3c([nH]c4ccccc43)c2=O)c1. The van der Waals surface area contributed by atoms with Gasteiger partial charge in [0, 0.05) is 23.7 Å². The number of rotatable bonds is 5. The Morgan fingerprint density at radius 3 is 2.77 bits per heavy atom. The Balaban J connectivity index is 1.66. The van der Waals surface area contributed by atoms with Crippen molar-refractivity contribution in [1.82, 2.24) is 14.5 Å². The molecule has 2 aromatic heterocycles. The molecule has 0 radical (unpaired) electrons. The first kappa shape index (κ1) is 19.4. The highest BCUT2D eigenvalue weighted by atomic mass is 32.2. The van der Waals surface area contributed by atoms with Crippen molar-refractivity contribution in [3.05, 3.63) is 63.9 Å². The fraction of sp³-hybridized carbons (Fsp3) is 0.333. The maximum atomic E-state index is 13.7. The van der Waals surface area contributed by atoms with Crippen molar-refractivity contribution in [3.63, 3.8) is 0 Å². The monoisotopic (exact) mass is 419 g/mol. The number of aryl methyl sites for hydroxylation is 2. The lowest BCUT2D eigenvalue weighted by Crippen LogP contribution is -3.10. The van der Waals surface area contributed by atoms with Gasteiger partial charge in [0.2, 0.25) is 0 Å². The number of para-hydroxylation sites is 1. The van der Waals surface area contributed by atoms with Gasteiger partial charge < -0.3 is 9.88 Å². The smallest absolute Gasteiger partial charge is 0.283 e. The molecule has 0 aliphatic carbocycles. The number of hydrogen-bond acceptors (Lipinski definition) is 3. The van der Waals surface area contributed by atoms with Crippen molar-refractivity contribution in [2.24, 2.45) is 0 Å². The molecule has 1 saturated heterocycles. The zero-order valence-electron chi connectivity index (χ0n) is 17.5. The molecule has 0 saturated carbocycles. The van der Waals surface area contributed by atoms with Crippen LogP contribution in [0.3, 0.4) is 0 Å². The van der Waals surface area contributed by atoms with Gasteiger partial charge in [0.05, 0.1) is 31.1 Å². The Morgan fingerprint density at radius 2 is 1.93 bits per heavy atom. The van der Waals surface area contributed by atoms with Crippen LogP contribution in [0.5, 0.6) is 0 Å². The zero-order valence-corrected chi connectivity index (χ0v) is 18.3. The lowest BCUT2D eigenvalue weighted by atomic mass is 10.1. The van der Waals surface area contributed by atoms with Gasteiger partial charge in [0.15, 0.2) is 5.16 Å². The Kier molecular flexibility index (Phi) is 5.13. The van der Waals surface area contributed by atoms with Crippen LogP contribution in [-0.2, 0) is 0 Å². The van der Waals surface area contributed by atoms with Crippen LogP contribution in [0.1, 0.15) is 24.0 Å². The number of fused-ring (bicyclic) bond motifs is 3. The summed E-state index contributed by atoms with van der Waals surface area (Å²) in [4.78, 5) is 23.7. The van der Waals surface area contributed by atoms with E-state index in [1.807, 2.05) is 28.8 Å². The number of likely N-dealkylation sites (tertiary alicyclic amines) is 1. The standard InChI is InChI=1S/C24H26N4OS/c1-16-9-10-17(2)20(15-16)28-23(29)22-21(18-7-3-4-8-19(18)25-22)26-24(28)30-14-13-27-11-5-6-12-27/h3-4,7-10,15,25H,5-6,11-14H2,1-2H3/p+1. The van der Waals surface area contributed by atoms with Crippen LogP contribution >= 0.6 is 11.8 Å². The van der Waals surface area contributed by atoms with E-state index in [0.29, 0.717) is 5.52 Å². The second-order valence-corrected chi connectivity index (χ2v) is 9.34. The zero-order chi connectivity index (χ0) is 20.7. The van der Waals surface area contributed by atoms with E-state index in [-0.39, 0.29) is 5.56 Å². The van der Waals surface area contributed by atoms with Crippen molar-refractivity contribution >= 4 is 33.7 Å². The average Bonchev–Trinajstić information content (AvgIpc) is 3.39. The molecule has 1 aliphatic rings. The lowest BCUT2D eigenvalue weighted by Gasteiger charge is -2.16. The van der Waals surface area contributed by atoms with Crippen molar-refractivity contribution < 1.29 is 4.90 Å². The molecule has 4 aromatic rings. The van der Waals surface area contributed by atoms with Crippen LogP contribution in [0.25, 0.3) is 27.6 Å². The Bertz CT molecular complexity index is 1280. The second kappa shape index (κ2) is 7.93. The fourth-order valence-electron chi connectivity index (χ4n) is 4.42. The van der Waals surface area contributed by atoms with Crippen molar-refractivity contribution in [3.8, 4) is 5.69 Å². The summed E-state index contributed by atoms with van der Waals surface area (Å²) in [6.07, 6.45) is 2.65. The summed E-state index contributed by atoms with van der Waals surface area (Å²) in [7, 11) is 0. The topological polar surface area (TPSA) is 55.1 Å². The second-order valence-electron chi connectivity index (χ2n) is 8.27. The summed E-state index contributed by atoms with van der Waals surface area (Å²) in [5.41, 5.74) is 5.40. The molecule has 0 spiro atoms. The highest BCUT2D eigenvalue weighted by Gasteiger charge is 2.20. The predicted octanol–water partition coefficient (Wildman–Crippen LogP) is 3.25. The minimum absolute atomic E-state index is 0.0269. The van der Waals surface area contributed by atoms with Gasteiger partial charge >= 0.3 is 0 Å². The van der Waals surface area contributed by atoms with Crippen LogP contribution in [0.4, 0.5) is 0 Å². The van der Waals surface area contributed by atoms with E-state index in [4.69, 9.17) is 4.98 Å². The van der Waals surface area contributed by atoms with E-state index in [0.717, 1.165) is 50.7 Å². The van der Waals surface area contributed by atoms with Gasteiger partial charge in [-0.05, 0) is 37.1 Å². The van der Waals surface area contributed by atoms with Gasteiger partial charge in [0.1, 0.15) is 11.0 Å². The van der Waals surface area contributed by atoms with Crippen LogP contribution in [0.2, 0.25) is 0 Å². The van der Waals surface area contributed by atoms with Gasteiger partial charge in [-0.1, -0.05) is 42.1 Å². The predicted molar refractivity (Wildman–Crippen MR) is 124 cm³/mol. The maximum Gasteiger partial charge on any atom is 0.283 e. The first-order valence-electron chi connectivity index (χ1n) is 10.7. The van der Waals surface area contributed by atoms with E-state index in [9.17, 15) is 4.79 Å². The van der Waals surface area contributed by atoms with Crippen molar-refractivity contribution in [1.29, 1.82) is 0 Å². The number of quaternary nitrogens is 1. The first-order valence-corrected chi connectivity index (χ1v) is 11.7. The van der Waals surface area contributed by atoms with Gasteiger partial charge in [-0.15, -0.1) is 0 Å². The molecule has 5 nitrogen and oxygen atoms in total. The van der Waals surface area contributed by atoms with E-state index < -0.39 is 0 Å². The lowest BCUT2D eigenvalue weighted by molar-refractivity contribution is -0.884. The summed E-state index contributed by atoms with van der Waals surface area (Å²) < 4.78 is 1.81. The fourth-order valence-corrected chi connectivity index (χ4v) is 5.46. The molecular formula is C24H27N4OS+. The molecular weight excluding hydrogens is 392 g/mol. The van der Waals surface area contributed by atoms with Gasteiger partial charge in [0.25, 0.3) is 5.56 Å². The van der Waals surface area contributed by atoms with E-state index in [2.05, 4.69) is 37.0 Å². The number of aromatic amines is 1. The number of aromatic nitrogens is 3. The summed E-state index contributed by atoms with van der Waals surface area (Å²) in [6.45, 7) is 7.75. The van der Waals surface area contributed by atoms with Crippen LogP contribution in [0, 0.1) is 13.8 Å². The third kappa shape index (κ3) is 3.44. The minimum Gasteiger partial charge on any atom is -0.349 e.